The van der Waals surface area contributed by atoms with Crippen molar-refractivity contribution in [2.45, 2.75) is 19.4 Å². The molecule has 5 heteroatoms. The first-order chi connectivity index (χ1) is 7.59. The molecule has 3 N–H and O–H groups in total. The van der Waals surface area contributed by atoms with E-state index in [2.05, 4.69) is 5.10 Å². The Kier molecular flexibility index (Phi) is 2.62. The number of aliphatic carboxylic acids is 1. The quantitative estimate of drug-likeness (QED) is 0.810. The van der Waals surface area contributed by atoms with Crippen molar-refractivity contribution < 1.29 is 9.90 Å². The Morgan fingerprint density at radius 1 is 1.62 bits per heavy atom. The Labute approximate surface area is 92.5 Å². The predicted molar refractivity (Wildman–Crippen MR) is 59.1 cm³/mol. The van der Waals surface area contributed by atoms with Crippen LogP contribution in [0, 0.1) is 6.92 Å². The third kappa shape index (κ3) is 1.77. The maximum Gasteiger partial charge on any atom is 0.305 e. The van der Waals surface area contributed by atoms with Crippen LogP contribution in [0.1, 0.15) is 23.7 Å². The monoisotopic (exact) mass is 219 g/mol. The number of rotatable bonds is 3. The Balaban J connectivity index is 2.46. The van der Waals surface area contributed by atoms with Gasteiger partial charge in [0.05, 0.1) is 18.1 Å². The van der Waals surface area contributed by atoms with E-state index in [4.69, 9.17) is 10.8 Å². The molecule has 16 heavy (non-hydrogen) atoms. The summed E-state index contributed by atoms with van der Waals surface area (Å²) in [6, 6.07) is 5.21. The summed E-state index contributed by atoms with van der Waals surface area (Å²) < 4.78 is 1.76. The molecule has 0 fully saturated rings. The van der Waals surface area contributed by atoms with E-state index in [0.29, 0.717) is 0 Å². The molecule has 0 spiro atoms. The highest BCUT2D eigenvalue weighted by Crippen LogP contribution is 2.20. The lowest BCUT2D eigenvalue weighted by Gasteiger charge is -2.07. The number of aryl methyl sites for hydroxylation is 1. The third-order valence-corrected chi connectivity index (χ3v) is 2.56. The molecule has 0 aromatic carbocycles. The topological polar surface area (TPSA) is 80.6 Å². The van der Waals surface area contributed by atoms with Crippen LogP contribution in [-0.4, -0.2) is 20.7 Å². The van der Waals surface area contributed by atoms with Crippen molar-refractivity contribution in [3.8, 4) is 0 Å². The molecule has 2 aromatic heterocycles. The SMILES string of the molecule is Cc1cccc2c(C(N)CC(=O)O)cnn12. The van der Waals surface area contributed by atoms with Gasteiger partial charge < -0.3 is 10.8 Å². The summed E-state index contributed by atoms with van der Waals surface area (Å²) in [6.07, 6.45) is 1.55. The zero-order valence-corrected chi connectivity index (χ0v) is 8.92. The minimum absolute atomic E-state index is 0.0880. The molecule has 1 unspecified atom stereocenters. The number of hydrogen-bond acceptors (Lipinski definition) is 3. The summed E-state index contributed by atoms with van der Waals surface area (Å²) in [7, 11) is 0. The summed E-state index contributed by atoms with van der Waals surface area (Å²) in [4.78, 5) is 10.6. The first-order valence-corrected chi connectivity index (χ1v) is 5.00. The summed E-state index contributed by atoms with van der Waals surface area (Å²) in [5, 5.41) is 12.9. The van der Waals surface area contributed by atoms with E-state index < -0.39 is 12.0 Å². The second-order valence-electron chi connectivity index (χ2n) is 3.77. The van der Waals surface area contributed by atoms with Crippen molar-refractivity contribution in [2.75, 3.05) is 0 Å². The smallest absolute Gasteiger partial charge is 0.305 e. The van der Waals surface area contributed by atoms with Gasteiger partial charge in [-0.1, -0.05) is 6.07 Å². The Morgan fingerprint density at radius 3 is 3.06 bits per heavy atom. The van der Waals surface area contributed by atoms with Crippen LogP contribution in [0.5, 0.6) is 0 Å². The molecule has 0 saturated heterocycles. The van der Waals surface area contributed by atoms with Crippen LogP contribution >= 0.6 is 0 Å². The zero-order valence-electron chi connectivity index (χ0n) is 8.92. The number of pyridine rings is 1. The highest BCUT2D eigenvalue weighted by molar-refractivity contribution is 5.69. The number of nitrogens with zero attached hydrogens (tertiary/aromatic N) is 2. The maximum atomic E-state index is 10.6. The molecule has 2 rings (SSSR count). The van der Waals surface area contributed by atoms with Gasteiger partial charge in [0.2, 0.25) is 0 Å². The second-order valence-corrected chi connectivity index (χ2v) is 3.77. The van der Waals surface area contributed by atoms with E-state index in [1.165, 1.54) is 0 Å². The van der Waals surface area contributed by atoms with Crippen molar-refractivity contribution >= 4 is 11.5 Å². The molecule has 2 aromatic rings. The molecule has 0 aliphatic heterocycles. The maximum absolute atomic E-state index is 10.6. The first-order valence-electron chi connectivity index (χ1n) is 5.00. The van der Waals surface area contributed by atoms with Gasteiger partial charge in [-0.15, -0.1) is 0 Å². The van der Waals surface area contributed by atoms with Gasteiger partial charge in [0.25, 0.3) is 0 Å². The van der Waals surface area contributed by atoms with Crippen molar-refractivity contribution in [3.05, 3.63) is 35.7 Å². The van der Waals surface area contributed by atoms with Gasteiger partial charge in [0, 0.05) is 17.3 Å². The van der Waals surface area contributed by atoms with E-state index in [1.807, 2.05) is 25.1 Å². The number of carboxylic acid groups (broad SMARTS) is 1. The summed E-state index contributed by atoms with van der Waals surface area (Å²) in [6.45, 7) is 1.94. The molecular formula is C11H13N3O2. The molecule has 0 radical (unpaired) electrons. The molecule has 5 nitrogen and oxygen atoms in total. The number of hydrogen-bond donors (Lipinski definition) is 2. The summed E-state index contributed by atoms with van der Waals surface area (Å²) >= 11 is 0. The molecule has 2 heterocycles. The van der Waals surface area contributed by atoms with Gasteiger partial charge in [0.1, 0.15) is 0 Å². The number of nitrogens with two attached hydrogens (primary N) is 1. The van der Waals surface area contributed by atoms with Gasteiger partial charge >= 0.3 is 5.97 Å². The molecule has 0 aliphatic carbocycles. The fourth-order valence-electron chi connectivity index (χ4n) is 1.75. The van der Waals surface area contributed by atoms with Crippen LogP contribution in [0.2, 0.25) is 0 Å². The average Bonchev–Trinajstić information content (AvgIpc) is 2.61. The Bertz CT molecular complexity index is 533. The number of carbonyl (C=O) groups is 1. The lowest BCUT2D eigenvalue weighted by Crippen LogP contribution is -2.14. The van der Waals surface area contributed by atoms with Gasteiger partial charge in [-0.05, 0) is 19.1 Å². The lowest BCUT2D eigenvalue weighted by atomic mass is 10.1. The number of carboxylic acids is 1. The largest absolute Gasteiger partial charge is 0.481 e. The minimum atomic E-state index is -0.903. The van der Waals surface area contributed by atoms with Crippen LogP contribution in [0.4, 0.5) is 0 Å². The van der Waals surface area contributed by atoms with Gasteiger partial charge in [-0.3, -0.25) is 4.79 Å². The van der Waals surface area contributed by atoms with Gasteiger partial charge in [0.15, 0.2) is 0 Å². The van der Waals surface area contributed by atoms with Crippen molar-refractivity contribution in [2.24, 2.45) is 5.73 Å². The molecular weight excluding hydrogens is 206 g/mol. The molecule has 0 aliphatic rings. The van der Waals surface area contributed by atoms with Crippen molar-refractivity contribution in [1.82, 2.24) is 9.61 Å². The minimum Gasteiger partial charge on any atom is -0.481 e. The molecule has 0 bridgehead atoms. The van der Waals surface area contributed by atoms with E-state index in [9.17, 15) is 4.79 Å². The molecule has 1 atom stereocenters. The van der Waals surface area contributed by atoms with E-state index in [1.54, 1.807) is 10.7 Å². The highest BCUT2D eigenvalue weighted by atomic mass is 16.4. The lowest BCUT2D eigenvalue weighted by molar-refractivity contribution is -0.137. The molecule has 0 amide bonds. The van der Waals surface area contributed by atoms with Crippen LogP contribution in [0.25, 0.3) is 5.52 Å². The summed E-state index contributed by atoms with van der Waals surface area (Å²) in [5.74, 6) is -0.903. The van der Waals surface area contributed by atoms with Crippen LogP contribution in [-0.2, 0) is 4.79 Å². The first kappa shape index (κ1) is 10.6. The zero-order chi connectivity index (χ0) is 11.7. The average molecular weight is 219 g/mol. The normalized spacial score (nSPS) is 12.9. The fourth-order valence-corrected chi connectivity index (χ4v) is 1.75. The summed E-state index contributed by atoms with van der Waals surface area (Å²) in [5.41, 5.74) is 8.45. The molecule has 84 valence electrons. The van der Waals surface area contributed by atoms with Crippen molar-refractivity contribution in [1.29, 1.82) is 0 Å². The van der Waals surface area contributed by atoms with Crippen LogP contribution < -0.4 is 5.73 Å². The van der Waals surface area contributed by atoms with E-state index >= 15 is 0 Å². The van der Waals surface area contributed by atoms with Gasteiger partial charge in [-0.25, -0.2) is 4.52 Å². The van der Waals surface area contributed by atoms with E-state index in [-0.39, 0.29) is 6.42 Å². The van der Waals surface area contributed by atoms with E-state index in [0.717, 1.165) is 16.8 Å². The van der Waals surface area contributed by atoms with Crippen molar-refractivity contribution in [3.63, 3.8) is 0 Å². The van der Waals surface area contributed by atoms with Gasteiger partial charge in [-0.2, -0.15) is 5.10 Å². The Morgan fingerprint density at radius 2 is 2.38 bits per heavy atom. The predicted octanol–water partition coefficient (Wildman–Crippen LogP) is 1.12. The number of aromatic nitrogens is 2. The number of fused-ring (bicyclic) bond motifs is 1. The second kappa shape index (κ2) is 3.94. The highest BCUT2D eigenvalue weighted by Gasteiger charge is 2.15. The Hall–Kier alpha value is -1.88. The van der Waals surface area contributed by atoms with Crippen LogP contribution in [0.15, 0.2) is 24.4 Å². The van der Waals surface area contributed by atoms with Crippen LogP contribution in [0.3, 0.4) is 0 Å². The standard InChI is InChI=1S/C11H13N3O2/c1-7-3-2-4-10-8(6-13-14(7)10)9(12)5-11(15)16/h2-4,6,9H,5,12H2,1H3,(H,15,16). The third-order valence-electron chi connectivity index (χ3n) is 2.56. The fraction of sp³-hybridized carbons (Fsp3) is 0.273. The molecule has 0 saturated carbocycles.